The predicted molar refractivity (Wildman–Crippen MR) is 127 cm³/mol. The summed E-state index contributed by atoms with van der Waals surface area (Å²) in [6, 6.07) is 21.7. The van der Waals surface area contributed by atoms with E-state index in [0.29, 0.717) is 0 Å². The van der Waals surface area contributed by atoms with Crippen LogP contribution in [0.3, 0.4) is 0 Å². The highest BCUT2D eigenvalue weighted by Gasteiger charge is 2.53. The van der Waals surface area contributed by atoms with E-state index in [9.17, 15) is 0 Å². The zero-order valence-corrected chi connectivity index (χ0v) is 20.3. The number of hydrogen-bond donors (Lipinski definition) is 0. The van der Waals surface area contributed by atoms with Gasteiger partial charge in [0.05, 0.1) is 12.2 Å². The van der Waals surface area contributed by atoms with Crippen molar-refractivity contribution in [3.8, 4) is 0 Å². The van der Waals surface area contributed by atoms with Gasteiger partial charge < -0.3 is 13.9 Å². The largest absolute Gasteiger partial charge is 0.402 e. The smallest absolute Gasteiger partial charge is 0.261 e. The van der Waals surface area contributed by atoms with Gasteiger partial charge in [0.2, 0.25) is 0 Å². The number of ether oxygens (including phenoxy) is 2. The van der Waals surface area contributed by atoms with Crippen molar-refractivity contribution in [3.63, 3.8) is 0 Å². The van der Waals surface area contributed by atoms with Gasteiger partial charge in [-0.1, -0.05) is 108 Å². The molecule has 1 heterocycles. The first-order chi connectivity index (χ1) is 14.4. The van der Waals surface area contributed by atoms with Crippen molar-refractivity contribution in [3.05, 3.63) is 60.7 Å². The van der Waals surface area contributed by atoms with Gasteiger partial charge in [-0.2, -0.15) is 0 Å². The third kappa shape index (κ3) is 4.88. The highest BCUT2D eigenvalue weighted by atomic mass is 28.4. The lowest BCUT2D eigenvalue weighted by atomic mass is 10.1. The highest BCUT2D eigenvalue weighted by molar-refractivity contribution is 6.99. The van der Waals surface area contributed by atoms with E-state index >= 15 is 0 Å². The Morgan fingerprint density at radius 1 is 0.933 bits per heavy atom. The Kier molecular flexibility index (Phi) is 7.91. The molecule has 1 fully saturated rings. The molecule has 1 saturated heterocycles. The van der Waals surface area contributed by atoms with Crippen molar-refractivity contribution in [1.29, 1.82) is 0 Å². The van der Waals surface area contributed by atoms with E-state index < -0.39 is 8.32 Å². The summed E-state index contributed by atoms with van der Waals surface area (Å²) in [5, 5.41) is 2.60. The van der Waals surface area contributed by atoms with Crippen LogP contribution in [-0.4, -0.2) is 33.9 Å². The lowest BCUT2D eigenvalue weighted by Gasteiger charge is -2.45. The fraction of sp³-hybridized carbons (Fsp3) is 0.538. The number of benzene rings is 2. The molecule has 0 radical (unpaired) electrons. The van der Waals surface area contributed by atoms with Crippen molar-refractivity contribution >= 4 is 18.7 Å². The van der Waals surface area contributed by atoms with Gasteiger partial charge in [0, 0.05) is 13.5 Å². The van der Waals surface area contributed by atoms with Crippen LogP contribution in [0, 0.1) is 0 Å². The average molecular weight is 427 g/mol. The molecule has 0 amide bonds. The lowest BCUT2D eigenvalue weighted by molar-refractivity contribution is -0.118. The molecule has 0 spiro atoms. The maximum absolute atomic E-state index is 7.34. The second kappa shape index (κ2) is 10.2. The summed E-state index contributed by atoms with van der Waals surface area (Å²) in [6.45, 7) is 9.22. The van der Waals surface area contributed by atoms with E-state index in [1.165, 1.54) is 23.2 Å². The molecule has 164 valence electrons. The van der Waals surface area contributed by atoms with E-state index in [0.717, 1.165) is 19.3 Å². The molecule has 3 atom stereocenters. The van der Waals surface area contributed by atoms with Crippen LogP contribution in [0.15, 0.2) is 60.7 Å². The fourth-order valence-electron chi connectivity index (χ4n) is 4.72. The van der Waals surface area contributed by atoms with Gasteiger partial charge in [-0.05, 0) is 21.8 Å². The van der Waals surface area contributed by atoms with Crippen molar-refractivity contribution in [2.45, 2.75) is 83.3 Å². The van der Waals surface area contributed by atoms with Crippen LogP contribution < -0.4 is 10.4 Å². The monoisotopic (exact) mass is 426 g/mol. The SMILES string of the molecule is CCCCC[C@@H]1OC(OC)C[C@@H]1O[Si](c1ccccc1)(c1ccccc1)C(C)(C)C. The normalized spacial score (nSPS) is 22.4. The van der Waals surface area contributed by atoms with Gasteiger partial charge in [-0.25, -0.2) is 0 Å². The molecule has 30 heavy (non-hydrogen) atoms. The summed E-state index contributed by atoms with van der Waals surface area (Å²) >= 11 is 0. The second-order valence-electron chi connectivity index (χ2n) is 9.39. The van der Waals surface area contributed by atoms with Gasteiger partial charge in [0.15, 0.2) is 6.29 Å². The van der Waals surface area contributed by atoms with Gasteiger partial charge in [0.1, 0.15) is 0 Å². The molecule has 0 N–H and O–H groups in total. The number of rotatable bonds is 9. The molecule has 2 aromatic rings. The second-order valence-corrected chi connectivity index (χ2v) is 13.6. The summed E-state index contributed by atoms with van der Waals surface area (Å²) in [5.41, 5.74) is 0. The summed E-state index contributed by atoms with van der Waals surface area (Å²) in [4.78, 5) is 0. The Morgan fingerprint density at radius 2 is 1.50 bits per heavy atom. The lowest BCUT2D eigenvalue weighted by Crippen LogP contribution is -2.68. The van der Waals surface area contributed by atoms with Crippen LogP contribution in [0.2, 0.25) is 5.04 Å². The Morgan fingerprint density at radius 3 is 1.97 bits per heavy atom. The minimum Gasteiger partial charge on any atom is -0.402 e. The molecule has 1 unspecified atom stereocenters. The number of hydrogen-bond acceptors (Lipinski definition) is 3. The molecule has 0 aromatic heterocycles. The molecule has 0 aliphatic carbocycles. The van der Waals surface area contributed by atoms with E-state index in [2.05, 4.69) is 88.4 Å². The fourth-order valence-corrected chi connectivity index (χ4v) is 9.44. The molecule has 1 aliphatic rings. The van der Waals surface area contributed by atoms with Gasteiger partial charge in [-0.15, -0.1) is 0 Å². The van der Waals surface area contributed by atoms with E-state index in [4.69, 9.17) is 13.9 Å². The molecule has 3 rings (SSSR count). The van der Waals surface area contributed by atoms with Gasteiger partial charge in [0.25, 0.3) is 8.32 Å². The third-order valence-corrected chi connectivity index (χ3v) is 11.3. The summed E-state index contributed by atoms with van der Waals surface area (Å²) in [6.07, 6.45) is 5.36. The third-order valence-electron chi connectivity index (χ3n) is 6.27. The van der Waals surface area contributed by atoms with Crippen molar-refractivity contribution < 1.29 is 13.9 Å². The standard InChI is InChI=1S/C26H38O3Si/c1-6-7-10-19-23-24(20-25(27-5)28-23)29-30(26(2,3)4,21-15-11-8-12-16-21)22-17-13-9-14-18-22/h8-9,11-18,23-25H,6-7,10,19-20H2,1-5H3/t23-,24-,25?/m0/s1. The summed E-state index contributed by atoms with van der Waals surface area (Å²) in [5.74, 6) is 0. The molecule has 0 bridgehead atoms. The van der Waals surface area contributed by atoms with Crippen molar-refractivity contribution in [2.24, 2.45) is 0 Å². The average Bonchev–Trinajstić information content (AvgIpc) is 3.14. The Labute approximate surface area is 183 Å². The first-order valence-electron chi connectivity index (χ1n) is 11.4. The quantitative estimate of drug-likeness (QED) is 0.404. The van der Waals surface area contributed by atoms with E-state index in [1.807, 2.05) is 0 Å². The molecule has 3 nitrogen and oxygen atoms in total. The topological polar surface area (TPSA) is 27.7 Å². The van der Waals surface area contributed by atoms with Crippen LogP contribution in [-0.2, 0) is 13.9 Å². The molecular formula is C26H38O3Si. The number of unbranched alkanes of at least 4 members (excludes halogenated alkanes) is 2. The Hall–Kier alpha value is -1.46. The van der Waals surface area contributed by atoms with Gasteiger partial charge >= 0.3 is 0 Å². The van der Waals surface area contributed by atoms with Crippen LogP contribution in [0.1, 0.15) is 59.8 Å². The zero-order chi connectivity index (χ0) is 21.6. The van der Waals surface area contributed by atoms with Crippen LogP contribution in [0.25, 0.3) is 0 Å². The maximum atomic E-state index is 7.34. The Bertz CT molecular complexity index is 717. The van der Waals surface area contributed by atoms with E-state index in [-0.39, 0.29) is 23.5 Å². The zero-order valence-electron chi connectivity index (χ0n) is 19.3. The minimum absolute atomic E-state index is 0.0329. The molecule has 0 saturated carbocycles. The van der Waals surface area contributed by atoms with E-state index in [1.54, 1.807) is 7.11 Å². The summed E-state index contributed by atoms with van der Waals surface area (Å²) in [7, 11) is -0.846. The predicted octanol–water partition coefficient (Wildman–Crippen LogP) is 5.27. The molecule has 1 aliphatic heterocycles. The van der Waals surface area contributed by atoms with Crippen LogP contribution >= 0.6 is 0 Å². The van der Waals surface area contributed by atoms with Crippen molar-refractivity contribution in [2.75, 3.05) is 7.11 Å². The first-order valence-corrected chi connectivity index (χ1v) is 13.3. The Balaban J connectivity index is 2.04. The highest BCUT2D eigenvalue weighted by Crippen LogP contribution is 2.40. The number of methoxy groups -OCH3 is 1. The van der Waals surface area contributed by atoms with Gasteiger partial charge in [-0.3, -0.25) is 0 Å². The van der Waals surface area contributed by atoms with Crippen LogP contribution in [0.4, 0.5) is 0 Å². The summed E-state index contributed by atoms with van der Waals surface area (Å²) < 4.78 is 19.2. The van der Waals surface area contributed by atoms with Crippen molar-refractivity contribution in [1.82, 2.24) is 0 Å². The molecular weight excluding hydrogens is 388 g/mol. The van der Waals surface area contributed by atoms with Crippen LogP contribution in [0.5, 0.6) is 0 Å². The maximum Gasteiger partial charge on any atom is 0.261 e. The molecule has 4 heteroatoms. The first kappa shape index (κ1) is 23.2. The molecule has 2 aromatic carbocycles. The minimum atomic E-state index is -2.58.